The Balaban J connectivity index is 2.16. The molecule has 3 N–H and O–H groups in total. The van der Waals surface area contributed by atoms with Crippen LogP contribution in [0.5, 0.6) is 0 Å². The third-order valence-corrected chi connectivity index (χ3v) is 3.20. The standard InChI is InChI=1S/C14H21N3/c1-14(2,3)11-6-4-10(5-7-11)12-8-9-16-13(15)17-12/h4-7,12H,8-9H2,1-3H3,(H3,15,16,17). The fourth-order valence-electron chi connectivity index (χ4n) is 2.08. The number of nitrogens with one attached hydrogen (secondary N) is 1. The summed E-state index contributed by atoms with van der Waals surface area (Å²) in [6, 6.07) is 9.10. The van der Waals surface area contributed by atoms with Crippen molar-refractivity contribution in [3.8, 4) is 0 Å². The molecule has 0 radical (unpaired) electrons. The maximum absolute atomic E-state index is 5.70. The van der Waals surface area contributed by atoms with Gasteiger partial charge < -0.3 is 11.1 Å². The van der Waals surface area contributed by atoms with Crippen molar-refractivity contribution < 1.29 is 0 Å². The van der Waals surface area contributed by atoms with Crippen LogP contribution < -0.4 is 11.1 Å². The number of hydrogen-bond donors (Lipinski definition) is 2. The van der Waals surface area contributed by atoms with Crippen molar-refractivity contribution in [2.45, 2.75) is 38.6 Å². The fraction of sp³-hybridized carbons (Fsp3) is 0.500. The molecule has 3 nitrogen and oxygen atoms in total. The van der Waals surface area contributed by atoms with Gasteiger partial charge >= 0.3 is 0 Å². The van der Waals surface area contributed by atoms with Crippen molar-refractivity contribution in [2.24, 2.45) is 10.7 Å². The summed E-state index contributed by atoms with van der Waals surface area (Å²) < 4.78 is 0. The van der Waals surface area contributed by atoms with Crippen LogP contribution in [-0.4, -0.2) is 12.5 Å². The fourth-order valence-corrected chi connectivity index (χ4v) is 2.08. The number of benzene rings is 1. The van der Waals surface area contributed by atoms with Crippen LogP contribution in [0.25, 0.3) is 0 Å². The van der Waals surface area contributed by atoms with E-state index in [-0.39, 0.29) is 5.41 Å². The maximum atomic E-state index is 5.70. The van der Waals surface area contributed by atoms with Crippen molar-refractivity contribution in [3.05, 3.63) is 35.4 Å². The number of rotatable bonds is 1. The molecule has 1 aliphatic rings. The van der Waals surface area contributed by atoms with Gasteiger partial charge in [-0.3, -0.25) is 4.99 Å². The van der Waals surface area contributed by atoms with Gasteiger partial charge in [-0.2, -0.15) is 0 Å². The van der Waals surface area contributed by atoms with Crippen molar-refractivity contribution in [2.75, 3.05) is 6.54 Å². The predicted octanol–water partition coefficient (Wildman–Crippen LogP) is 2.33. The zero-order valence-corrected chi connectivity index (χ0v) is 10.8. The smallest absolute Gasteiger partial charge is 0.189 e. The summed E-state index contributed by atoms with van der Waals surface area (Å²) in [6.07, 6.45) is 1.01. The Bertz CT molecular complexity index is 412. The first-order chi connectivity index (χ1) is 7.97. The minimum atomic E-state index is 0.207. The first-order valence-corrected chi connectivity index (χ1v) is 6.14. The molecule has 3 heteroatoms. The second-order valence-electron chi connectivity index (χ2n) is 5.62. The third-order valence-electron chi connectivity index (χ3n) is 3.20. The van der Waals surface area contributed by atoms with Gasteiger partial charge in [0.25, 0.3) is 0 Å². The molecule has 1 unspecified atom stereocenters. The van der Waals surface area contributed by atoms with Crippen molar-refractivity contribution >= 4 is 5.96 Å². The molecule has 0 spiro atoms. The zero-order chi connectivity index (χ0) is 12.5. The van der Waals surface area contributed by atoms with Crippen LogP contribution in [0.15, 0.2) is 29.3 Å². The molecule has 1 aromatic carbocycles. The number of hydrogen-bond acceptors (Lipinski definition) is 3. The van der Waals surface area contributed by atoms with Gasteiger partial charge in [-0.25, -0.2) is 0 Å². The Hall–Kier alpha value is -1.51. The van der Waals surface area contributed by atoms with E-state index in [1.54, 1.807) is 0 Å². The average molecular weight is 231 g/mol. The summed E-state index contributed by atoms with van der Waals surface area (Å²) in [7, 11) is 0. The van der Waals surface area contributed by atoms with Crippen LogP contribution in [0.4, 0.5) is 0 Å². The highest BCUT2D eigenvalue weighted by atomic mass is 15.1. The maximum Gasteiger partial charge on any atom is 0.189 e. The third kappa shape index (κ3) is 2.78. The highest BCUT2D eigenvalue weighted by Crippen LogP contribution is 2.25. The largest absolute Gasteiger partial charge is 0.370 e. The quantitative estimate of drug-likeness (QED) is 0.779. The molecular formula is C14H21N3. The van der Waals surface area contributed by atoms with E-state index >= 15 is 0 Å². The molecule has 0 aliphatic carbocycles. The van der Waals surface area contributed by atoms with E-state index in [1.165, 1.54) is 11.1 Å². The van der Waals surface area contributed by atoms with Crippen LogP contribution in [0.3, 0.4) is 0 Å². The Morgan fingerprint density at radius 1 is 1.24 bits per heavy atom. The van der Waals surface area contributed by atoms with Crippen LogP contribution >= 0.6 is 0 Å². The predicted molar refractivity (Wildman–Crippen MR) is 72.1 cm³/mol. The summed E-state index contributed by atoms with van der Waals surface area (Å²) in [5, 5.41) is 3.22. The molecular weight excluding hydrogens is 210 g/mol. The highest BCUT2D eigenvalue weighted by Gasteiger charge is 2.17. The molecule has 1 aromatic rings. The van der Waals surface area contributed by atoms with Crippen molar-refractivity contribution in [1.29, 1.82) is 0 Å². The van der Waals surface area contributed by atoms with E-state index in [1.807, 2.05) is 0 Å². The van der Waals surface area contributed by atoms with Gasteiger partial charge in [-0.15, -0.1) is 0 Å². The zero-order valence-electron chi connectivity index (χ0n) is 10.8. The van der Waals surface area contributed by atoms with Crippen LogP contribution in [0.1, 0.15) is 44.4 Å². The first-order valence-electron chi connectivity index (χ1n) is 6.14. The topological polar surface area (TPSA) is 50.4 Å². The summed E-state index contributed by atoms with van der Waals surface area (Å²) in [5.41, 5.74) is 8.56. The lowest BCUT2D eigenvalue weighted by Crippen LogP contribution is -2.38. The number of guanidine groups is 1. The van der Waals surface area contributed by atoms with E-state index in [0.29, 0.717) is 12.0 Å². The molecule has 92 valence electrons. The molecule has 0 aromatic heterocycles. The lowest BCUT2D eigenvalue weighted by Gasteiger charge is -2.24. The minimum absolute atomic E-state index is 0.207. The summed E-state index contributed by atoms with van der Waals surface area (Å²) in [5.74, 6) is 0.557. The molecule has 0 fully saturated rings. The molecule has 0 bridgehead atoms. The summed E-state index contributed by atoms with van der Waals surface area (Å²) in [6.45, 7) is 7.49. The molecule has 0 amide bonds. The van der Waals surface area contributed by atoms with Gasteiger partial charge in [-0.05, 0) is 23.0 Å². The average Bonchev–Trinajstić information content (AvgIpc) is 2.28. The molecule has 1 heterocycles. The lowest BCUT2D eigenvalue weighted by molar-refractivity contribution is 0.564. The number of nitrogens with zero attached hydrogens (tertiary/aromatic N) is 1. The van der Waals surface area contributed by atoms with E-state index in [9.17, 15) is 0 Å². The Labute approximate surface area is 103 Å². The Kier molecular flexibility index (Phi) is 3.09. The second-order valence-corrected chi connectivity index (χ2v) is 5.62. The van der Waals surface area contributed by atoms with Gasteiger partial charge in [0.1, 0.15) is 0 Å². The first kappa shape index (κ1) is 12.0. The van der Waals surface area contributed by atoms with E-state index in [4.69, 9.17) is 5.73 Å². The molecule has 1 aliphatic heterocycles. The van der Waals surface area contributed by atoms with Crippen LogP contribution in [0.2, 0.25) is 0 Å². The lowest BCUT2D eigenvalue weighted by atomic mass is 9.86. The van der Waals surface area contributed by atoms with Gasteiger partial charge in [0, 0.05) is 6.54 Å². The van der Waals surface area contributed by atoms with Crippen molar-refractivity contribution in [3.63, 3.8) is 0 Å². The monoisotopic (exact) mass is 231 g/mol. The van der Waals surface area contributed by atoms with E-state index in [0.717, 1.165) is 13.0 Å². The van der Waals surface area contributed by atoms with Crippen LogP contribution in [-0.2, 0) is 5.41 Å². The Morgan fingerprint density at radius 3 is 2.41 bits per heavy atom. The Morgan fingerprint density at radius 2 is 1.88 bits per heavy atom. The second kappa shape index (κ2) is 4.40. The van der Waals surface area contributed by atoms with Crippen LogP contribution in [0, 0.1) is 0 Å². The minimum Gasteiger partial charge on any atom is -0.370 e. The highest BCUT2D eigenvalue weighted by molar-refractivity contribution is 5.78. The molecule has 0 saturated carbocycles. The van der Waals surface area contributed by atoms with Gasteiger partial charge in [0.2, 0.25) is 0 Å². The normalized spacial score (nSPS) is 20.6. The van der Waals surface area contributed by atoms with E-state index in [2.05, 4.69) is 55.3 Å². The summed E-state index contributed by atoms with van der Waals surface area (Å²) in [4.78, 5) is 4.15. The molecule has 0 saturated heterocycles. The van der Waals surface area contributed by atoms with Gasteiger partial charge in [0.05, 0.1) is 6.04 Å². The van der Waals surface area contributed by atoms with Gasteiger partial charge in [0.15, 0.2) is 5.96 Å². The summed E-state index contributed by atoms with van der Waals surface area (Å²) >= 11 is 0. The SMILES string of the molecule is CC(C)(C)c1ccc(C2CCN=C(N)N2)cc1. The van der Waals surface area contributed by atoms with E-state index < -0.39 is 0 Å². The van der Waals surface area contributed by atoms with Crippen molar-refractivity contribution in [1.82, 2.24) is 5.32 Å². The molecule has 1 atom stereocenters. The number of nitrogens with two attached hydrogens (primary N) is 1. The number of aliphatic imine (C=N–C) groups is 1. The molecule has 17 heavy (non-hydrogen) atoms. The van der Waals surface area contributed by atoms with Gasteiger partial charge in [-0.1, -0.05) is 45.0 Å². The molecule has 2 rings (SSSR count).